The molecule has 10 heteroatoms. The summed E-state index contributed by atoms with van der Waals surface area (Å²) in [5.41, 5.74) is 2.64. The number of amides is 1. The molecule has 0 N–H and O–H groups in total. The summed E-state index contributed by atoms with van der Waals surface area (Å²) in [5, 5.41) is 0.709. The number of ether oxygens (including phenoxy) is 1. The van der Waals surface area contributed by atoms with Gasteiger partial charge in [-0.3, -0.25) is 9.69 Å². The van der Waals surface area contributed by atoms with Crippen LogP contribution in [0.2, 0.25) is 5.02 Å². The number of benzene rings is 1. The fourth-order valence-corrected chi connectivity index (χ4v) is 5.22. The van der Waals surface area contributed by atoms with E-state index in [2.05, 4.69) is 23.5 Å². The van der Waals surface area contributed by atoms with E-state index in [0.29, 0.717) is 23.2 Å². The summed E-state index contributed by atoms with van der Waals surface area (Å²) < 4.78 is 14.4. The van der Waals surface area contributed by atoms with E-state index in [1.807, 2.05) is 35.2 Å². The monoisotopic (exact) mass is 486 g/mol. The zero-order valence-electron chi connectivity index (χ0n) is 18.4. The number of halogens is 1. The molecule has 0 spiro atoms. The molecule has 0 bridgehead atoms. The van der Waals surface area contributed by atoms with Crippen LogP contribution in [-0.2, 0) is 4.79 Å². The van der Waals surface area contributed by atoms with Crippen LogP contribution in [0.3, 0.4) is 0 Å². The minimum atomic E-state index is 0.104. The molecule has 2 aromatic heterocycles. The van der Waals surface area contributed by atoms with E-state index in [1.54, 1.807) is 6.20 Å². The van der Waals surface area contributed by atoms with Crippen molar-refractivity contribution >= 4 is 46.1 Å². The number of carbonyl (C=O) groups is 1. The summed E-state index contributed by atoms with van der Waals surface area (Å²) in [6.45, 7) is 6.55. The van der Waals surface area contributed by atoms with E-state index in [9.17, 15) is 4.79 Å². The number of aromatic nitrogens is 3. The van der Waals surface area contributed by atoms with Gasteiger partial charge in [-0.2, -0.15) is 8.75 Å². The molecule has 4 heterocycles. The quantitative estimate of drug-likeness (QED) is 0.529. The average Bonchev–Trinajstić information content (AvgIpc) is 3.35. The predicted octanol–water partition coefficient (Wildman–Crippen LogP) is 3.18. The van der Waals surface area contributed by atoms with Crippen LogP contribution in [0.15, 0.2) is 36.5 Å². The molecule has 2 saturated heterocycles. The molecule has 1 amide bonds. The zero-order valence-corrected chi connectivity index (χ0v) is 20.0. The number of hydrogen-bond acceptors (Lipinski definition) is 8. The van der Waals surface area contributed by atoms with E-state index in [-0.39, 0.29) is 5.92 Å². The van der Waals surface area contributed by atoms with Crippen molar-refractivity contribution in [1.82, 2.24) is 23.5 Å². The Morgan fingerprint density at radius 2 is 1.79 bits per heavy atom. The molecule has 2 aliphatic heterocycles. The number of piperazine rings is 1. The molecule has 0 unspecified atom stereocenters. The molecule has 1 aromatic carbocycles. The van der Waals surface area contributed by atoms with Gasteiger partial charge in [-0.15, -0.1) is 0 Å². The summed E-state index contributed by atoms with van der Waals surface area (Å²) in [5.74, 6) is 1.24. The number of nitrogens with zero attached hydrogens (tertiary/aromatic N) is 6. The smallest absolute Gasteiger partial charge is 0.225 e. The van der Waals surface area contributed by atoms with E-state index in [1.165, 1.54) is 11.7 Å². The highest BCUT2D eigenvalue weighted by Gasteiger charge is 2.31. The maximum absolute atomic E-state index is 13.1. The van der Waals surface area contributed by atoms with Crippen molar-refractivity contribution in [2.75, 3.05) is 57.3 Å². The zero-order chi connectivity index (χ0) is 22.6. The summed E-state index contributed by atoms with van der Waals surface area (Å²) in [4.78, 5) is 24.1. The van der Waals surface area contributed by atoms with Crippen molar-refractivity contribution in [2.24, 2.45) is 5.92 Å². The largest absolute Gasteiger partial charge is 0.492 e. The van der Waals surface area contributed by atoms with Crippen LogP contribution in [0.4, 0.5) is 5.69 Å². The van der Waals surface area contributed by atoms with Crippen LogP contribution < -0.4 is 9.64 Å². The van der Waals surface area contributed by atoms with Gasteiger partial charge >= 0.3 is 0 Å². The lowest BCUT2D eigenvalue weighted by Crippen LogP contribution is -2.52. The van der Waals surface area contributed by atoms with Crippen molar-refractivity contribution in [3.63, 3.8) is 0 Å². The molecule has 174 valence electrons. The van der Waals surface area contributed by atoms with Crippen LogP contribution >= 0.6 is 23.3 Å². The standard InChI is InChI=1S/C23H27ClN6O2S/c24-18-1-3-19(4-2-18)32-16-15-28-11-13-30(14-12-28)23(31)17-6-9-29(10-7-17)20-5-8-25-22-21(20)26-33-27-22/h1-5,8,17H,6-7,9-16H2. The number of piperidine rings is 1. The number of anilines is 1. The van der Waals surface area contributed by atoms with Gasteiger partial charge in [0.05, 0.1) is 17.4 Å². The van der Waals surface area contributed by atoms with Gasteiger partial charge in [0.25, 0.3) is 0 Å². The minimum absolute atomic E-state index is 0.104. The Balaban J connectivity index is 1.06. The predicted molar refractivity (Wildman–Crippen MR) is 130 cm³/mol. The lowest BCUT2D eigenvalue weighted by Gasteiger charge is -2.39. The molecule has 2 aliphatic rings. The van der Waals surface area contributed by atoms with Gasteiger partial charge in [0.15, 0.2) is 5.65 Å². The Morgan fingerprint density at radius 1 is 1.03 bits per heavy atom. The highest BCUT2D eigenvalue weighted by Crippen LogP contribution is 2.29. The molecule has 0 saturated carbocycles. The number of fused-ring (bicyclic) bond motifs is 1. The molecule has 0 atom stereocenters. The van der Waals surface area contributed by atoms with Gasteiger partial charge in [-0.05, 0) is 43.2 Å². The highest BCUT2D eigenvalue weighted by atomic mass is 35.5. The Kier molecular flexibility index (Phi) is 6.89. The third-order valence-corrected chi connectivity index (χ3v) is 7.27. The number of carbonyl (C=O) groups excluding carboxylic acids is 1. The fourth-order valence-electron chi connectivity index (χ4n) is 4.58. The summed E-state index contributed by atoms with van der Waals surface area (Å²) >= 11 is 7.10. The molecular formula is C23H27ClN6O2S. The topological polar surface area (TPSA) is 74.7 Å². The SMILES string of the molecule is O=C(C1CCN(c2ccnc3nsnc23)CC1)N1CCN(CCOc2ccc(Cl)cc2)CC1. The summed E-state index contributed by atoms with van der Waals surface area (Å²) in [6, 6.07) is 9.44. The molecule has 2 fully saturated rings. The fraction of sp³-hybridized carbons (Fsp3) is 0.478. The Morgan fingerprint density at radius 3 is 2.55 bits per heavy atom. The maximum Gasteiger partial charge on any atom is 0.225 e. The number of hydrogen-bond donors (Lipinski definition) is 0. The summed E-state index contributed by atoms with van der Waals surface area (Å²) in [7, 11) is 0. The first-order chi connectivity index (χ1) is 16.2. The van der Waals surface area contributed by atoms with Gasteiger partial charge in [-0.1, -0.05) is 11.6 Å². The second kappa shape index (κ2) is 10.2. The molecule has 33 heavy (non-hydrogen) atoms. The van der Waals surface area contributed by atoms with Crippen LogP contribution in [0.1, 0.15) is 12.8 Å². The second-order valence-corrected chi connectivity index (χ2v) is 9.46. The van der Waals surface area contributed by atoms with E-state index in [0.717, 1.165) is 75.6 Å². The van der Waals surface area contributed by atoms with Crippen LogP contribution in [0.25, 0.3) is 11.2 Å². The second-order valence-electron chi connectivity index (χ2n) is 8.50. The van der Waals surface area contributed by atoms with Crippen LogP contribution in [-0.4, -0.2) is 81.9 Å². The lowest BCUT2D eigenvalue weighted by molar-refractivity contribution is -0.138. The molecule has 5 rings (SSSR count). The minimum Gasteiger partial charge on any atom is -0.492 e. The van der Waals surface area contributed by atoms with Gasteiger partial charge in [0.1, 0.15) is 17.9 Å². The first kappa shape index (κ1) is 22.3. The molecule has 8 nitrogen and oxygen atoms in total. The van der Waals surface area contributed by atoms with E-state index in [4.69, 9.17) is 16.3 Å². The molecular weight excluding hydrogens is 460 g/mol. The van der Waals surface area contributed by atoms with Gasteiger partial charge < -0.3 is 14.5 Å². The first-order valence-electron chi connectivity index (χ1n) is 11.4. The normalized spacial score (nSPS) is 18.1. The van der Waals surface area contributed by atoms with Crippen LogP contribution in [0, 0.1) is 5.92 Å². The highest BCUT2D eigenvalue weighted by molar-refractivity contribution is 7.00. The third kappa shape index (κ3) is 5.20. The average molecular weight is 487 g/mol. The van der Waals surface area contributed by atoms with Crippen molar-refractivity contribution < 1.29 is 9.53 Å². The van der Waals surface area contributed by atoms with Crippen molar-refractivity contribution in [3.05, 3.63) is 41.6 Å². The van der Waals surface area contributed by atoms with Crippen molar-refractivity contribution in [2.45, 2.75) is 12.8 Å². The van der Waals surface area contributed by atoms with Crippen molar-refractivity contribution in [1.29, 1.82) is 0 Å². The number of rotatable bonds is 6. The Hall–Kier alpha value is -2.49. The molecule has 0 aliphatic carbocycles. The van der Waals surface area contributed by atoms with Gasteiger partial charge in [-0.25, -0.2) is 4.98 Å². The number of pyridine rings is 1. The van der Waals surface area contributed by atoms with Gasteiger partial charge in [0, 0.05) is 63.0 Å². The van der Waals surface area contributed by atoms with E-state index >= 15 is 0 Å². The maximum atomic E-state index is 13.1. The van der Waals surface area contributed by atoms with Gasteiger partial charge in [0.2, 0.25) is 5.91 Å². The Bertz CT molecular complexity index is 1080. The first-order valence-corrected chi connectivity index (χ1v) is 12.5. The van der Waals surface area contributed by atoms with E-state index < -0.39 is 0 Å². The molecule has 3 aromatic rings. The van der Waals surface area contributed by atoms with Crippen molar-refractivity contribution in [3.8, 4) is 5.75 Å². The summed E-state index contributed by atoms with van der Waals surface area (Å²) in [6.07, 6.45) is 3.53. The molecule has 0 radical (unpaired) electrons. The third-order valence-electron chi connectivity index (χ3n) is 6.50. The lowest BCUT2D eigenvalue weighted by atomic mass is 9.94. The Labute approximate surface area is 202 Å². The van der Waals surface area contributed by atoms with Crippen LogP contribution in [0.5, 0.6) is 5.75 Å².